The summed E-state index contributed by atoms with van der Waals surface area (Å²) >= 11 is 5.81. The van der Waals surface area contributed by atoms with Crippen molar-refractivity contribution < 1.29 is 4.79 Å². The second-order valence-electron chi connectivity index (χ2n) is 5.65. The van der Waals surface area contributed by atoms with E-state index in [1.54, 1.807) is 0 Å². The van der Waals surface area contributed by atoms with Crippen LogP contribution < -0.4 is 10.6 Å². The van der Waals surface area contributed by atoms with Gasteiger partial charge in [0.1, 0.15) is 0 Å². The zero-order valence-electron chi connectivity index (χ0n) is 11.9. The minimum atomic E-state index is 0.0591. The monoisotopic (exact) mass is 282 g/mol. The van der Waals surface area contributed by atoms with E-state index in [1.807, 2.05) is 24.3 Å². The van der Waals surface area contributed by atoms with Gasteiger partial charge in [-0.3, -0.25) is 4.79 Å². The average molecular weight is 283 g/mol. The Morgan fingerprint density at radius 2 is 1.79 bits per heavy atom. The first-order chi connectivity index (χ1) is 8.87. The topological polar surface area (TPSA) is 41.1 Å². The zero-order valence-corrected chi connectivity index (χ0v) is 12.7. The summed E-state index contributed by atoms with van der Waals surface area (Å²) in [5, 5.41) is 6.95. The van der Waals surface area contributed by atoms with E-state index in [-0.39, 0.29) is 11.4 Å². The van der Waals surface area contributed by atoms with Crippen molar-refractivity contribution in [3.8, 4) is 0 Å². The number of hydrogen-bond donors (Lipinski definition) is 2. The third kappa shape index (κ3) is 7.85. The third-order valence-electron chi connectivity index (χ3n) is 2.66. The molecule has 0 fully saturated rings. The van der Waals surface area contributed by atoms with Gasteiger partial charge in [-0.15, -0.1) is 0 Å². The molecule has 1 rings (SSSR count). The summed E-state index contributed by atoms with van der Waals surface area (Å²) in [5.74, 6) is 0.0886. The van der Waals surface area contributed by atoms with Gasteiger partial charge < -0.3 is 10.6 Å². The molecule has 0 aromatic heterocycles. The molecule has 0 heterocycles. The second-order valence-corrected chi connectivity index (χ2v) is 6.09. The number of amides is 1. The highest BCUT2D eigenvalue weighted by Crippen LogP contribution is 2.09. The van der Waals surface area contributed by atoms with E-state index >= 15 is 0 Å². The molecule has 0 saturated heterocycles. The van der Waals surface area contributed by atoms with Crippen LogP contribution >= 0.6 is 11.6 Å². The lowest BCUT2D eigenvalue weighted by molar-refractivity contribution is -0.121. The lowest BCUT2D eigenvalue weighted by Gasteiger charge is -2.20. The number of carbonyl (C=O) groups is 1. The molecule has 2 N–H and O–H groups in total. The molecule has 3 nitrogen and oxygen atoms in total. The molecule has 1 amide bonds. The van der Waals surface area contributed by atoms with E-state index in [1.165, 1.54) is 5.56 Å². The van der Waals surface area contributed by atoms with Crippen LogP contribution in [0.15, 0.2) is 24.3 Å². The number of nitrogens with one attached hydrogen (secondary N) is 2. The van der Waals surface area contributed by atoms with Gasteiger partial charge in [-0.05, 0) is 44.9 Å². The minimum absolute atomic E-state index is 0.0591. The van der Waals surface area contributed by atoms with Gasteiger partial charge in [0.25, 0.3) is 0 Å². The summed E-state index contributed by atoms with van der Waals surface area (Å²) in [4.78, 5) is 11.6. The molecule has 106 valence electrons. The Hall–Kier alpha value is -1.06. The predicted octanol–water partition coefficient (Wildman–Crippen LogP) is 2.78. The molecule has 0 aliphatic rings. The van der Waals surface area contributed by atoms with Crippen LogP contribution in [-0.4, -0.2) is 24.5 Å². The van der Waals surface area contributed by atoms with Crippen LogP contribution in [0.3, 0.4) is 0 Å². The minimum Gasteiger partial charge on any atom is -0.356 e. The fraction of sp³-hybridized carbons (Fsp3) is 0.533. The van der Waals surface area contributed by atoms with Crippen LogP contribution in [0.4, 0.5) is 0 Å². The van der Waals surface area contributed by atoms with E-state index in [0.717, 1.165) is 11.4 Å². The molecule has 1 aromatic rings. The molecule has 4 heteroatoms. The van der Waals surface area contributed by atoms with Crippen LogP contribution in [0.5, 0.6) is 0 Å². The molecule has 0 saturated carbocycles. The predicted molar refractivity (Wildman–Crippen MR) is 80.5 cm³/mol. The number of benzene rings is 1. The summed E-state index contributed by atoms with van der Waals surface area (Å²) in [6, 6.07) is 7.70. The van der Waals surface area contributed by atoms with Crippen molar-refractivity contribution >= 4 is 17.5 Å². The van der Waals surface area contributed by atoms with Crippen molar-refractivity contribution in [2.24, 2.45) is 0 Å². The molecule has 1 aromatic carbocycles. The summed E-state index contributed by atoms with van der Waals surface area (Å²) in [7, 11) is 0. The highest BCUT2D eigenvalue weighted by molar-refractivity contribution is 6.30. The average Bonchev–Trinajstić information content (AvgIpc) is 2.30. The molecule has 19 heavy (non-hydrogen) atoms. The summed E-state index contributed by atoms with van der Waals surface area (Å²) in [6.45, 7) is 7.63. The molecular weight excluding hydrogens is 260 g/mol. The first-order valence-corrected chi connectivity index (χ1v) is 7.01. The normalized spacial score (nSPS) is 11.4. The molecule has 0 atom stereocenters. The molecule has 0 bridgehead atoms. The first-order valence-electron chi connectivity index (χ1n) is 6.63. The Morgan fingerprint density at radius 1 is 1.16 bits per heavy atom. The Bertz CT molecular complexity index is 396. The highest BCUT2D eigenvalue weighted by Gasteiger charge is 2.09. The maximum absolute atomic E-state index is 11.6. The van der Waals surface area contributed by atoms with Crippen LogP contribution in [0.25, 0.3) is 0 Å². The van der Waals surface area contributed by atoms with E-state index in [2.05, 4.69) is 31.4 Å². The Balaban J connectivity index is 2.15. The lowest BCUT2D eigenvalue weighted by Crippen LogP contribution is -2.38. The number of hydrogen-bond acceptors (Lipinski definition) is 2. The maximum atomic E-state index is 11.6. The standard InChI is InChI=1S/C15H23ClN2O/c1-15(2,3)18-11-9-14(19)17-10-8-12-4-6-13(16)7-5-12/h4-7,18H,8-11H2,1-3H3,(H,17,19). The van der Waals surface area contributed by atoms with Gasteiger partial charge in [0.05, 0.1) is 0 Å². The molecule has 0 spiro atoms. The van der Waals surface area contributed by atoms with Crippen LogP contribution in [0.1, 0.15) is 32.8 Å². The second kappa shape index (κ2) is 7.51. The van der Waals surface area contributed by atoms with Crippen molar-refractivity contribution in [3.63, 3.8) is 0 Å². The van der Waals surface area contributed by atoms with Gasteiger partial charge in [-0.1, -0.05) is 23.7 Å². The molecule has 0 aliphatic carbocycles. The van der Waals surface area contributed by atoms with Crippen molar-refractivity contribution in [2.45, 2.75) is 39.2 Å². The van der Waals surface area contributed by atoms with Gasteiger partial charge in [-0.2, -0.15) is 0 Å². The fourth-order valence-corrected chi connectivity index (χ4v) is 1.76. The lowest BCUT2D eigenvalue weighted by atomic mass is 10.1. The van der Waals surface area contributed by atoms with Crippen molar-refractivity contribution in [2.75, 3.05) is 13.1 Å². The number of rotatable bonds is 6. The molecule has 0 aliphatic heterocycles. The van der Waals surface area contributed by atoms with Gasteiger partial charge >= 0.3 is 0 Å². The Kier molecular flexibility index (Phi) is 6.32. The van der Waals surface area contributed by atoms with E-state index < -0.39 is 0 Å². The van der Waals surface area contributed by atoms with E-state index in [9.17, 15) is 4.79 Å². The third-order valence-corrected chi connectivity index (χ3v) is 2.91. The van der Waals surface area contributed by atoms with E-state index in [4.69, 9.17) is 11.6 Å². The molecule has 0 radical (unpaired) electrons. The smallest absolute Gasteiger partial charge is 0.221 e. The Labute approximate surface area is 120 Å². The SMILES string of the molecule is CC(C)(C)NCCC(=O)NCCc1ccc(Cl)cc1. The highest BCUT2D eigenvalue weighted by atomic mass is 35.5. The molecule has 0 unspecified atom stereocenters. The number of carbonyl (C=O) groups excluding carboxylic acids is 1. The largest absolute Gasteiger partial charge is 0.356 e. The van der Waals surface area contributed by atoms with Crippen LogP contribution in [0, 0.1) is 0 Å². The first kappa shape index (κ1) is 16.0. The van der Waals surface area contributed by atoms with Crippen molar-refractivity contribution in [1.82, 2.24) is 10.6 Å². The summed E-state index contributed by atoms with van der Waals surface area (Å²) in [6.07, 6.45) is 1.34. The number of halogens is 1. The van der Waals surface area contributed by atoms with Crippen molar-refractivity contribution in [1.29, 1.82) is 0 Å². The van der Waals surface area contributed by atoms with Crippen molar-refractivity contribution in [3.05, 3.63) is 34.9 Å². The van der Waals surface area contributed by atoms with Gasteiger partial charge in [-0.25, -0.2) is 0 Å². The Morgan fingerprint density at radius 3 is 2.37 bits per heavy atom. The van der Waals surface area contributed by atoms with Crippen LogP contribution in [0.2, 0.25) is 5.02 Å². The maximum Gasteiger partial charge on any atom is 0.221 e. The van der Waals surface area contributed by atoms with Gasteiger partial charge in [0, 0.05) is 30.1 Å². The fourth-order valence-electron chi connectivity index (χ4n) is 1.64. The van der Waals surface area contributed by atoms with Crippen LogP contribution in [-0.2, 0) is 11.2 Å². The summed E-state index contributed by atoms with van der Waals surface area (Å²) < 4.78 is 0. The van der Waals surface area contributed by atoms with Gasteiger partial charge in [0.15, 0.2) is 0 Å². The quantitative estimate of drug-likeness (QED) is 0.842. The van der Waals surface area contributed by atoms with Gasteiger partial charge in [0.2, 0.25) is 5.91 Å². The summed E-state index contributed by atoms with van der Waals surface area (Å²) in [5.41, 5.74) is 1.24. The van der Waals surface area contributed by atoms with E-state index in [0.29, 0.717) is 19.5 Å². The zero-order chi connectivity index (χ0) is 14.3. The molecular formula is C15H23ClN2O.